The van der Waals surface area contributed by atoms with Gasteiger partial charge in [-0.3, -0.25) is 4.79 Å². The maximum Gasteiger partial charge on any atom is 0.338 e. The van der Waals surface area contributed by atoms with Gasteiger partial charge in [0.05, 0.1) is 24.3 Å². The number of hydrogen-bond donors (Lipinski definition) is 1. The van der Waals surface area contributed by atoms with Crippen molar-refractivity contribution in [3.05, 3.63) is 83.4 Å². The quantitative estimate of drug-likeness (QED) is 0.547. The molecule has 0 saturated carbocycles. The molecule has 5 heteroatoms. The average Bonchev–Trinajstić information content (AvgIpc) is 2.76. The van der Waals surface area contributed by atoms with Crippen LogP contribution in [0.3, 0.4) is 0 Å². The highest BCUT2D eigenvalue weighted by Crippen LogP contribution is 2.23. The number of carbonyl (C=O) groups is 2. The molecular weight excluding hydrogens is 378 g/mol. The minimum Gasteiger partial charge on any atom is -0.452 e. The standard InChI is InChI=1S/C25H27NO4/c1-17(2)29-15-19-11-13-21(14-12-19)25(28)30-16-24(27)26-18(3)22-10-6-8-20-7-4-5-9-23(20)22/h4-14,17-18H,15-16H2,1-3H3,(H,26,27)/t18-/m1/s1. The molecule has 0 aliphatic carbocycles. The fourth-order valence-corrected chi connectivity index (χ4v) is 3.20. The van der Waals surface area contributed by atoms with Gasteiger partial charge in [-0.05, 0) is 54.8 Å². The molecule has 0 aliphatic heterocycles. The molecular formula is C25H27NO4. The molecule has 1 atom stereocenters. The highest BCUT2D eigenvalue weighted by atomic mass is 16.5. The summed E-state index contributed by atoms with van der Waals surface area (Å²) in [4.78, 5) is 24.5. The minimum absolute atomic E-state index is 0.143. The minimum atomic E-state index is -0.528. The van der Waals surface area contributed by atoms with Gasteiger partial charge in [-0.2, -0.15) is 0 Å². The van der Waals surface area contributed by atoms with E-state index in [-0.39, 0.29) is 24.7 Å². The second-order valence-electron chi connectivity index (χ2n) is 7.49. The molecule has 0 bridgehead atoms. The number of nitrogens with one attached hydrogen (secondary N) is 1. The smallest absolute Gasteiger partial charge is 0.338 e. The first kappa shape index (κ1) is 21.5. The molecule has 156 valence electrons. The van der Waals surface area contributed by atoms with Crippen LogP contribution < -0.4 is 5.32 Å². The summed E-state index contributed by atoms with van der Waals surface area (Å²) in [5.74, 6) is -0.870. The van der Waals surface area contributed by atoms with Gasteiger partial charge in [0.25, 0.3) is 5.91 Å². The first-order chi connectivity index (χ1) is 14.4. The number of ether oxygens (including phenoxy) is 2. The lowest BCUT2D eigenvalue weighted by molar-refractivity contribution is -0.124. The number of amides is 1. The fourth-order valence-electron chi connectivity index (χ4n) is 3.20. The Hall–Kier alpha value is -3.18. The molecule has 1 N–H and O–H groups in total. The molecule has 0 fully saturated rings. The van der Waals surface area contributed by atoms with Crippen molar-refractivity contribution < 1.29 is 19.1 Å². The Labute approximate surface area is 177 Å². The Morgan fingerprint density at radius 2 is 1.60 bits per heavy atom. The number of carbonyl (C=O) groups excluding carboxylic acids is 2. The monoisotopic (exact) mass is 405 g/mol. The number of rotatable bonds is 8. The molecule has 0 aromatic heterocycles. The highest BCUT2D eigenvalue weighted by Gasteiger charge is 2.15. The van der Waals surface area contributed by atoms with Crippen LogP contribution in [-0.4, -0.2) is 24.6 Å². The lowest BCUT2D eigenvalue weighted by Gasteiger charge is -2.16. The van der Waals surface area contributed by atoms with Crippen LogP contribution in [0.15, 0.2) is 66.7 Å². The van der Waals surface area contributed by atoms with E-state index in [0.29, 0.717) is 12.2 Å². The lowest BCUT2D eigenvalue weighted by atomic mass is 10.00. The third-order valence-electron chi connectivity index (χ3n) is 4.77. The predicted molar refractivity (Wildman–Crippen MR) is 117 cm³/mol. The zero-order valence-corrected chi connectivity index (χ0v) is 17.6. The third kappa shape index (κ3) is 5.67. The largest absolute Gasteiger partial charge is 0.452 e. The third-order valence-corrected chi connectivity index (χ3v) is 4.77. The van der Waals surface area contributed by atoms with E-state index in [9.17, 15) is 9.59 Å². The Bertz CT molecular complexity index is 1010. The summed E-state index contributed by atoms with van der Waals surface area (Å²) in [7, 11) is 0. The van der Waals surface area contributed by atoms with Crippen LogP contribution in [0.4, 0.5) is 0 Å². The van der Waals surface area contributed by atoms with Gasteiger partial charge in [0, 0.05) is 0 Å². The summed E-state index contributed by atoms with van der Waals surface area (Å²) < 4.78 is 10.7. The molecule has 3 rings (SSSR count). The van der Waals surface area contributed by atoms with Crippen molar-refractivity contribution in [1.29, 1.82) is 0 Å². The Kier molecular flexibility index (Phi) is 7.20. The van der Waals surface area contributed by atoms with Gasteiger partial charge in [-0.25, -0.2) is 4.79 Å². The molecule has 0 aliphatic rings. The second-order valence-corrected chi connectivity index (χ2v) is 7.49. The second kappa shape index (κ2) is 10.0. The zero-order chi connectivity index (χ0) is 21.5. The number of esters is 1. The van der Waals surface area contributed by atoms with Crippen LogP contribution in [0.25, 0.3) is 10.8 Å². The summed E-state index contributed by atoms with van der Waals surface area (Å²) in [6.45, 7) is 6.02. The highest BCUT2D eigenvalue weighted by molar-refractivity contribution is 5.91. The summed E-state index contributed by atoms with van der Waals surface area (Å²) in [6, 6.07) is 20.8. The Morgan fingerprint density at radius 3 is 2.33 bits per heavy atom. The van der Waals surface area contributed by atoms with Crippen molar-refractivity contribution in [3.8, 4) is 0 Å². The first-order valence-electron chi connectivity index (χ1n) is 10.1. The van der Waals surface area contributed by atoms with E-state index in [4.69, 9.17) is 9.47 Å². The van der Waals surface area contributed by atoms with Crippen molar-refractivity contribution >= 4 is 22.6 Å². The maximum absolute atomic E-state index is 12.3. The van der Waals surface area contributed by atoms with Gasteiger partial charge in [0.2, 0.25) is 0 Å². The normalized spacial score (nSPS) is 12.0. The van der Waals surface area contributed by atoms with Crippen LogP contribution in [0.2, 0.25) is 0 Å². The molecule has 1 amide bonds. The van der Waals surface area contributed by atoms with Gasteiger partial charge in [-0.15, -0.1) is 0 Å². The molecule has 0 radical (unpaired) electrons. The average molecular weight is 405 g/mol. The van der Waals surface area contributed by atoms with Crippen LogP contribution in [0, 0.1) is 0 Å². The number of fused-ring (bicyclic) bond motifs is 1. The lowest BCUT2D eigenvalue weighted by Crippen LogP contribution is -2.31. The Morgan fingerprint density at radius 1 is 0.900 bits per heavy atom. The van der Waals surface area contributed by atoms with Crippen LogP contribution in [-0.2, 0) is 20.9 Å². The van der Waals surface area contributed by atoms with Gasteiger partial charge in [-0.1, -0.05) is 54.6 Å². The van der Waals surface area contributed by atoms with Crippen molar-refractivity contribution in [2.45, 2.75) is 39.5 Å². The molecule has 0 spiro atoms. The molecule has 30 heavy (non-hydrogen) atoms. The van der Waals surface area contributed by atoms with E-state index in [0.717, 1.165) is 21.9 Å². The predicted octanol–water partition coefficient (Wildman–Crippen LogP) is 4.80. The summed E-state index contributed by atoms with van der Waals surface area (Å²) in [5.41, 5.74) is 2.40. The molecule has 0 heterocycles. The van der Waals surface area contributed by atoms with Gasteiger partial charge < -0.3 is 14.8 Å². The topological polar surface area (TPSA) is 64.6 Å². The van der Waals surface area contributed by atoms with E-state index < -0.39 is 5.97 Å². The van der Waals surface area contributed by atoms with E-state index in [1.807, 2.05) is 75.4 Å². The number of hydrogen-bond acceptors (Lipinski definition) is 4. The van der Waals surface area contributed by atoms with Crippen molar-refractivity contribution in [3.63, 3.8) is 0 Å². The first-order valence-corrected chi connectivity index (χ1v) is 10.1. The van der Waals surface area contributed by atoms with E-state index in [2.05, 4.69) is 5.32 Å². The SMILES string of the molecule is CC(C)OCc1ccc(C(=O)OCC(=O)N[C@H](C)c2cccc3ccccc23)cc1. The zero-order valence-electron chi connectivity index (χ0n) is 17.6. The van der Waals surface area contributed by atoms with E-state index in [1.54, 1.807) is 12.1 Å². The maximum atomic E-state index is 12.3. The van der Waals surface area contributed by atoms with Crippen LogP contribution in [0.1, 0.15) is 48.3 Å². The molecule has 3 aromatic rings. The van der Waals surface area contributed by atoms with Gasteiger partial charge in [0.1, 0.15) is 0 Å². The van der Waals surface area contributed by atoms with Crippen LogP contribution >= 0.6 is 0 Å². The summed E-state index contributed by atoms with van der Waals surface area (Å²) in [5, 5.41) is 5.10. The summed E-state index contributed by atoms with van der Waals surface area (Å²) in [6.07, 6.45) is 0.143. The molecule has 3 aromatic carbocycles. The molecule has 0 unspecified atom stereocenters. The van der Waals surface area contributed by atoms with Crippen molar-refractivity contribution in [2.24, 2.45) is 0 Å². The fraction of sp³-hybridized carbons (Fsp3) is 0.280. The van der Waals surface area contributed by atoms with Gasteiger partial charge >= 0.3 is 5.97 Å². The summed E-state index contributed by atoms with van der Waals surface area (Å²) >= 11 is 0. The van der Waals surface area contributed by atoms with E-state index >= 15 is 0 Å². The van der Waals surface area contributed by atoms with Crippen molar-refractivity contribution in [2.75, 3.05) is 6.61 Å². The van der Waals surface area contributed by atoms with E-state index in [1.165, 1.54) is 0 Å². The Balaban J connectivity index is 1.53. The molecule has 0 saturated heterocycles. The molecule has 5 nitrogen and oxygen atoms in total. The van der Waals surface area contributed by atoms with Gasteiger partial charge in [0.15, 0.2) is 6.61 Å². The van der Waals surface area contributed by atoms with Crippen LogP contribution in [0.5, 0.6) is 0 Å². The van der Waals surface area contributed by atoms with Crippen molar-refractivity contribution in [1.82, 2.24) is 5.32 Å². The number of benzene rings is 3.